The number of pyridine rings is 1. The van der Waals surface area contributed by atoms with Gasteiger partial charge in [-0.1, -0.05) is 12.5 Å². The van der Waals surface area contributed by atoms with Crippen LogP contribution in [0, 0.1) is 0 Å². The Labute approximate surface area is 208 Å². The highest BCUT2D eigenvalue weighted by Crippen LogP contribution is 2.29. The number of aryl methyl sites for hydroxylation is 1. The molecule has 1 saturated heterocycles. The number of nitrogens with one attached hydrogen (secondary N) is 1. The smallest absolute Gasteiger partial charge is 0.251 e. The number of aromatic nitrogens is 5. The largest absolute Gasteiger partial charge is 0.439 e. The van der Waals surface area contributed by atoms with Gasteiger partial charge < -0.3 is 25.3 Å². The first-order valence-electron chi connectivity index (χ1n) is 12.4. The first-order chi connectivity index (χ1) is 17.6. The molecule has 0 radical (unpaired) electrons. The average Bonchev–Trinajstić information content (AvgIpc) is 3.49. The number of amides is 1. The van der Waals surface area contributed by atoms with E-state index in [0.717, 1.165) is 18.5 Å². The molecule has 1 amide bonds. The van der Waals surface area contributed by atoms with E-state index in [1.165, 1.54) is 32.4 Å². The fourth-order valence-electron chi connectivity index (χ4n) is 4.53. The Morgan fingerprint density at radius 1 is 1.19 bits per heavy atom. The van der Waals surface area contributed by atoms with Crippen LogP contribution in [-0.4, -0.2) is 61.8 Å². The third-order valence-corrected chi connectivity index (χ3v) is 6.36. The first kappa shape index (κ1) is 23.7. The van der Waals surface area contributed by atoms with E-state index < -0.39 is 0 Å². The molecule has 5 rings (SSSR count). The van der Waals surface area contributed by atoms with E-state index in [9.17, 15) is 4.79 Å². The lowest BCUT2D eigenvalue weighted by Crippen LogP contribution is -2.33. The molecule has 11 heteroatoms. The first-order valence-corrected chi connectivity index (χ1v) is 12.4. The summed E-state index contributed by atoms with van der Waals surface area (Å²) >= 11 is 0. The molecule has 3 aromatic heterocycles. The van der Waals surface area contributed by atoms with E-state index in [1.807, 2.05) is 11.5 Å². The highest BCUT2D eigenvalue weighted by atomic mass is 16.6. The highest BCUT2D eigenvalue weighted by molar-refractivity contribution is 5.94. The van der Waals surface area contributed by atoms with E-state index in [4.69, 9.17) is 15.1 Å². The molecule has 1 fully saturated rings. The van der Waals surface area contributed by atoms with Crippen LogP contribution in [0.1, 0.15) is 43.0 Å². The van der Waals surface area contributed by atoms with Crippen LogP contribution in [-0.2, 0) is 6.54 Å². The number of ether oxygens (including phenoxy) is 1. The van der Waals surface area contributed by atoms with Gasteiger partial charge in [-0.2, -0.15) is 0 Å². The van der Waals surface area contributed by atoms with Crippen LogP contribution in [0.4, 0.5) is 5.82 Å². The van der Waals surface area contributed by atoms with Crippen LogP contribution in [0.5, 0.6) is 11.6 Å². The van der Waals surface area contributed by atoms with E-state index in [1.54, 1.807) is 36.5 Å². The molecule has 1 aliphatic rings. The summed E-state index contributed by atoms with van der Waals surface area (Å²) in [5.41, 5.74) is 8.26. The van der Waals surface area contributed by atoms with Gasteiger partial charge in [0.05, 0.1) is 11.7 Å². The van der Waals surface area contributed by atoms with Crippen molar-refractivity contribution >= 4 is 22.8 Å². The molecule has 0 unspecified atom stereocenters. The van der Waals surface area contributed by atoms with Gasteiger partial charge in [0.25, 0.3) is 5.91 Å². The van der Waals surface area contributed by atoms with Crippen molar-refractivity contribution < 1.29 is 14.2 Å². The number of nitrogens with two attached hydrogens (primary N) is 1. The minimum absolute atomic E-state index is 0.116. The maximum Gasteiger partial charge on any atom is 0.251 e. The van der Waals surface area contributed by atoms with Crippen molar-refractivity contribution in [1.82, 2.24) is 35.1 Å². The van der Waals surface area contributed by atoms with Crippen LogP contribution in [0.2, 0.25) is 0 Å². The van der Waals surface area contributed by atoms with Crippen molar-refractivity contribution in [1.29, 1.82) is 0 Å². The molecule has 4 heterocycles. The standard InChI is InChI=1S/C25H30N8O3/c1-2-33-20-15-21(28-16-19(20)29-24(33)22-23(26)31-36-30-22)35-18-9-6-8-17(14-18)25(34)27-10-7-13-32-11-4-3-5-12-32/h6,8-9,14-16H,2-5,7,10-13H2,1H3,(H2,26,31)(H,27,34). The number of anilines is 1. The van der Waals surface area contributed by atoms with Crippen molar-refractivity contribution in [3.63, 3.8) is 0 Å². The van der Waals surface area contributed by atoms with Crippen LogP contribution in [0.25, 0.3) is 22.6 Å². The third kappa shape index (κ3) is 5.15. The molecular formula is C25H30N8O3. The number of imidazole rings is 1. The van der Waals surface area contributed by atoms with Crippen molar-refractivity contribution in [2.45, 2.75) is 39.2 Å². The molecule has 1 aliphatic heterocycles. The lowest BCUT2D eigenvalue weighted by Gasteiger charge is -2.26. The zero-order chi connectivity index (χ0) is 24.9. The number of benzene rings is 1. The molecule has 3 N–H and O–H groups in total. The van der Waals surface area contributed by atoms with Crippen LogP contribution < -0.4 is 15.8 Å². The lowest BCUT2D eigenvalue weighted by molar-refractivity contribution is 0.0950. The topological polar surface area (TPSA) is 137 Å². The zero-order valence-corrected chi connectivity index (χ0v) is 20.3. The Morgan fingerprint density at radius 3 is 2.83 bits per heavy atom. The molecule has 0 atom stereocenters. The number of fused-ring (bicyclic) bond motifs is 1. The molecule has 36 heavy (non-hydrogen) atoms. The maximum absolute atomic E-state index is 12.7. The van der Waals surface area contributed by atoms with Gasteiger partial charge in [-0.15, -0.1) is 0 Å². The van der Waals surface area contributed by atoms with E-state index >= 15 is 0 Å². The van der Waals surface area contributed by atoms with Crippen LogP contribution in [0.15, 0.2) is 41.2 Å². The van der Waals surface area contributed by atoms with Crippen molar-refractivity contribution in [3.8, 4) is 23.1 Å². The summed E-state index contributed by atoms with van der Waals surface area (Å²) in [4.78, 5) is 24.1. The normalized spacial score (nSPS) is 14.2. The van der Waals surface area contributed by atoms with Crippen LogP contribution in [0.3, 0.4) is 0 Å². The summed E-state index contributed by atoms with van der Waals surface area (Å²) in [5.74, 6) is 1.51. The monoisotopic (exact) mass is 490 g/mol. The number of carbonyl (C=O) groups is 1. The Hall–Kier alpha value is -3.99. The highest BCUT2D eigenvalue weighted by Gasteiger charge is 2.19. The summed E-state index contributed by atoms with van der Waals surface area (Å²) in [6.07, 6.45) is 6.44. The zero-order valence-electron chi connectivity index (χ0n) is 20.3. The fourth-order valence-corrected chi connectivity index (χ4v) is 4.53. The minimum atomic E-state index is -0.116. The quantitative estimate of drug-likeness (QED) is 0.338. The summed E-state index contributed by atoms with van der Waals surface area (Å²) in [6, 6.07) is 8.88. The summed E-state index contributed by atoms with van der Waals surface area (Å²) in [5, 5.41) is 10.5. The molecule has 0 bridgehead atoms. The number of hydrogen-bond acceptors (Lipinski definition) is 9. The summed E-state index contributed by atoms with van der Waals surface area (Å²) < 4.78 is 12.7. The number of hydrogen-bond donors (Lipinski definition) is 2. The Balaban J connectivity index is 1.25. The second-order valence-corrected chi connectivity index (χ2v) is 8.83. The number of nitrogens with zero attached hydrogens (tertiary/aromatic N) is 6. The molecule has 0 aliphatic carbocycles. The van der Waals surface area contributed by atoms with Gasteiger partial charge in [-0.3, -0.25) is 4.79 Å². The van der Waals surface area contributed by atoms with Crippen molar-refractivity contribution in [2.75, 3.05) is 31.9 Å². The second kappa shape index (κ2) is 10.7. The molecule has 1 aromatic carbocycles. The van der Waals surface area contributed by atoms with Gasteiger partial charge in [-0.05, 0) is 74.3 Å². The van der Waals surface area contributed by atoms with Gasteiger partial charge in [0.2, 0.25) is 5.88 Å². The molecule has 0 spiro atoms. The second-order valence-electron chi connectivity index (χ2n) is 8.83. The number of rotatable bonds is 9. The summed E-state index contributed by atoms with van der Waals surface area (Å²) in [7, 11) is 0. The van der Waals surface area contributed by atoms with E-state index in [0.29, 0.717) is 47.3 Å². The Morgan fingerprint density at radius 2 is 2.06 bits per heavy atom. The summed E-state index contributed by atoms with van der Waals surface area (Å²) in [6.45, 7) is 6.61. The average molecular weight is 491 g/mol. The van der Waals surface area contributed by atoms with Gasteiger partial charge in [0.1, 0.15) is 11.3 Å². The van der Waals surface area contributed by atoms with Crippen molar-refractivity contribution in [2.24, 2.45) is 0 Å². The molecule has 188 valence electrons. The molecule has 11 nitrogen and oxygen atoms in total. The van der Waals surface area contributed by atoms with Crippen LogP contribution >= 0.6 is 0 Å². The van der Waals surface area contributed by atoms with Gasteiger partial charge >= 0.3 is 0 Å². The maximum atomic E-state index is 12.7. The SMILES string of the molecule is CCn1c(-c2nonc2N)nc2cnc(Oc3cccc(C(=O)NCCCN4CCCCC4)c3)cc21. The number of piperidine rings is 1. The molecule has 0 saturated carbocycles. The Bertz CT molecular complexity index is 1340. The van der Waals surface area contributed by atoms with E-state index in [-0.39, 0.29) is 11.7 Å². The molecule has 4 aromatic rings. The fraction of sp³-hybridized carbons (Fsp3) is 0.400. The third-order valence-electron chi connectivity index (χ3n) is 6.36. The van der Waals surface area contributed by atoms with Gasteiger partial charge in [0, 0.05) is 24.7 Å². The number of likely N-dealkylation sites (tertiary alicyclic amines) is 1. The number of nitrogen functional groups attached to an aromatic ring is 1. The predicted molar refractivity (Wildman–Crippen MR) is 135 cm³/mol. The lowest BCUT2D eigenvalue weighted by atomic mass is 10.1. The van der Waals surface area contributed by atoms with Gasteiger partial charge in [0.15, 0.2) is 17.3 Å². The predicted octanol–water partition coefficient (Wildman–Crippen LogP) is 3.48. The Kier molecular flexibility index (Phi) is 7.08. The minimum Gasteiger partial charge on any atom is -0.439 e. The van der Waals surface area contributed by atoms with Crippen molar-refractivity contribution in [3.05, 3.63) is 42.1 Å². The number of carbonyl (C=O) groups excluding carboxylic acids is 1. The van der Waals surface area contributed by atoms with E-state index in [2.05, 4.69) is 30.5 Å². The van der Waals surface area contributed by atoms with Gasteiger partial charge in [-0.25, -0.2) is 14.6 Å². The molecular weight excluding hydrogens is 460 g/mol.